The molecular weight excluding hydrogens is 431 g/mol. The van der Waals surface area contributed by atoms with Gasteiger partial charge in [-0.25, -0.2) is 9.38 Å². The van der Waals surface area contributed by atoms with Crippen LogP contribution in [0.1, 0.15) is 17.5 Å². The number of fused-ring (bicyclic) bond motifs is 4. The van der Waals surface area contributed by atoms with Gasteiger partial charge in [-0.05, 0) is 42.7 Å². The van der Waals surface area contributed by atoms with Crippen molar-refractivity contribution in [1.82, 2.24) is 10.2 Å². The number of piperazine rings is 1. The summed E-state index contributed by atoms with van der Waals surface area (Å²) >= 11 is 1.70. The molecule has 2 aliphatic heterocycles. The van der Waals surface area contributed by atoms with Crippen LogP contribution in [0.25, 0.3) is 10.1 Å². The molecule has 1 unspecified atom stereocenters. The summed E-state index contributed by atoms with van der Waals surface area (Å²) in [6.45, 7) is 2.70. The lowest BCUT2D eigenvalue weighted by molar-refractivity contribution is 0.282. The molecule has 0 aliphatic carbocycles. The maximum atomic E-state index is 14.0. The second kappa shape index (κ2) is 8.61. The minimum Gasteiger partial charge on any atom is -0.353 e. The fraction of sp³-hybridized carbons (Fsp3) is 0.222. The number of aliphatic imine (C=N–C) groups is 1. The van der Waals surface area contributed by atoms with E-state index in [0.29, 0.717) is 11.7 Å². The smallest absolute Gasteiger partial charge is 0.140 e. The van der Waals surface area contributed by atoms with Crippen LogP contribution in [0.3, 0.4) is 0 Å². The van der Waals surface area contributed by atoms with E-state index in [9.17, 15) is 4.39 Å². The van der Waals surface area contributed by atoms with E-state index in [2.05, 4.69) is 70.1 Å². The number of hydrogen-bond acceptors (Lipinski definition) is 5. The molecule has 2 aliphatic rings. The lowest BCUT2D eigenvalue weighted by Gasteiger charge is -2.36. The number of aryl methyl sites for hydroxylation is 1. The van der Waals surface area contributed by atoms with Crippen LogP contribution in [0, 0.1) is 5.82 Å². The van der Waals surface area contributed by atoms with Crippen molar-refractivity contribution in [3.63, 3.8) is 0 Å². The van der Waals surface area contributed by atoms with Crippen molar-refractivity contribution in [2.24, 2.45) is 4.99 Å². The molecule has 2 N–H and O–H groups in total. The van der Waals surface area contributed by atoms with Crippen LogP contribution in [-0.2, 0) is 6.42 Å². The molecule has 3 heterocycles. The molecule has 0 saturated carbocycles. The predicted molar refractivity (Wildman–Crippen MR) is 136 cm³/mol. The molecule has 1 atom stereocenters. The Morgan fingerprint density at radius 2 is 1.88 bits per heavy atom. The molecule has 4 aromatic rings. The highest BCUT2D eigenvalue weighted by atomic mass is 32.1. The number of halogens is 1. The Morgan fingerprint density at radius 1 is 1.03 bits per heavy atom. The van der Waals surface area contributed by atoms with E-state index in [1.807, 2.05) is 0 Å². The molecule has 33 heavy (non-hydrogen) atoms. The largest absolute Gasteiger partial charge is 0.353 e. The molecule has 3 aromatic carbocycles. The molecule has 4 nitrogen and oxygen atoms in total. The van der Waals surface area contributed by atoms with E-state index in [-0.39, 0.29) is 5.82 Å². The average Bonchev–Trinajstić information content (AvgIpc) is 3.12. The van der Waals surface area contributed by atoms with E-state index < -0.39 is 0 Å². The van der Waals surface area contributed by atoms with Crippen molar-refractivity contribution in [2.45, 2.75) is 18.9 Å². The highest BCUT2D eigenvalue weighted by molar-refractivity contribution is 7.23. The fourth-order valence-corrected chi connectivity index (χ4v) is 5.89. The van der Waals surface area contributed by atoms with Crippen LogP contribution in [0.4, 0.5) is 20.8 Å². The summed E-state index contributed by atoms with van der Waals surface area (Å²) < 4.78 is 15.2. The number of amidine groups is 1. The summed E-state index contributed by atoms with van der Waals surface area (Å²) in [6.07, 6.45) is 2.13. The monoisotopic (exact) mass is 456 g/mol. The van der Waals surface area contributed by atoms with Crippen LogP contribution in [0.15, 0.2) is 77.8 Å². The predicted octanol–water partition coefficient (Wildman–Crippen LogP) is 6.08. The highest BCUT2D eigenvalue weighted by Gasteiger charge is 2.29. The Balaban J connectivity index is 1.36. The molecule has 0 radical (unpaired) electrons. The number of benzene rings is 3. The maximum Gasteiger partial charge on any atom is 0.140 e. The van der Waals surface area contributed by atoms with Crippen LogP contribution < -0.4 is 10.6 Å². The Bertz CT molecular complexity index is 1330. The Labute approximate surface area is 196 Å². The number of thiophene rings is 1. The topological polar surface area (TPSA) is 39.7 Å². The van der Waals surface area contributed by atoms with Gasteiger partial charge in [0.2, 0.25) is 0 Å². The average molecular weight is 457 g/mol. The lowest BCUT2D eigenvalue weighted by atomic mass is 10.0. The van der Waals surface area contributed by atoms with Crippen molar-refractivity contribution >= 4 is 43.6 Å². The molecule has 0 bridgehead atoms. The van der Waals surface area contributed by atoms with Gasteiger partial charge in [0.15, 0.2) is 0 Å². The summed E-state index contributed by atoms with van der Waals surface area (Å²) in [7, 11) is 0. The SMILES string of the molecule is Fc1ccc2c(c1)Nc1sc3ccccc3c1C(N1CCNC(CCc3ccccc3)C1)=N2. The molecular formula is C27H25FN4S. The first-order valence-electron chi connectivity index (χ1n) is 11.4. The number of hydrogen-bond donors (Lipinski definition) is 2. The van der Waals surface area contributed by atoms with E-state index >= 15 is 0 Å². The minimum atomic E-state index is -0.259. The molecule has 0 spiro atoms. The zero-order chi connectivity index (χ0) is 22.2. The van der Waals surface area contributed by atoms with E-state index in [4.69, 9.17) is 4.99 Å². The van der Waals surface area contributed by atoms with E-state index in [0.717, 1.165) is 54.6 Å². The van der Waals surface area contributed by atoms with Crippen molar-refractivity contribution < 1.29 is 4.39 Å². The van der Waals surface area contributed by atoms with Gasteiger partial charge in [0.05, 0.1) is 16.9 Å². The molecule has 1 aromatic heterocycles. The third-order valence-electron chi connectivity index (χ3n) is 6.43. The van der Waals surface area contributed by atoms with E-state index in [1.165, 1.54) is 27.8 Å². The number of nitrogens with one attached hydrogen (secondary N) is 2. The first kappa shape index (κ1) is 20.4. The van der Waals surface area contributed by atoms with Crippen LogP contribution in [0.2, 0.25) is 0 Å². The van der Waals surface area contributed by atoms with Crippen molar-refractivity contribution in [3.05, 3.63) is 89.7 Å². The Kier molecular flexibility index (Phi) is 5.32. The summed E-state index contributed by atoms with van der Waals surface area (Å²) in [5, 5.41) is 9.40. The lowest BCUT2D eigenvalue weighted by Crippen LogP contribution is -2.52. The van der Waals surface area contributed by atoms with Gasteiger partial charge in [-0.3, -0.25) is 0 Å². The fourth-order valence-electron chi connectivity index (χ4n) is 4.78. The van der Waals surface area contributed by atoms with Crippen molar-refractivity contribution in [3.8, 4) is 0 Å². The Hall–Kier alpha value is -3.22. The molecule has 1 saturated heterocycles. The van der Waals surface area contributed by atoms with Gasteiger partial charge in [0.25, 0.3) is 0 Å². The zero-order valence-electron chi connectivity index (χ0n) is 18.2. The summed E-state index contributed by atoms with van der Waals surface area (Å²) in [4.78, 5) is 7.52. The third-order valence-corrected chi connectivity index (χ3v) is 7.52. The normalized spacial score (nSPS) is 17.7. The summed E-state index contributed by atoms with van der Waals surface area (Å²) in [5.41, 5.74) is 3.98. The van der Waals surface area contributed by atoms with Gasteiger partial charge in [0.1, 0.15) is 16.7 Å². The number of anilines is 2. The summed E-state index contributed by atoms with van der Waals surface area (Å²) in [6, 6.07) is 24.3. The van der Waals surface area contributed by atoms with Gasteiger partial charge < -0.3 is 15.5 Å². The summed E-state index contributed by atoms with van der Waals surface area (Å²) in [5.74, 6) is 0.720. The van der Waals surface area contributed by atoms with E-state index in [1.54, 1.807) is 17.4 Å². The standard InChI is InChI=1S/C27H25FN4S/c28-19-11-13-22-23(16-19)31-27-25(21-8-4-5-9-24(21)33-27)26(30-22)32-15-14-29-20(17-32)12-10-18-6-2-1-3-7-18/h1-9,11,13,16,20,29,31H,10,12,14-15,17H2. The zero-order valence-corrected chi connectivity index (χ0v) is 19.0. The maximum absolute atomic E-state index is 14.0. The molecule has 6 rings (SSSR count). The highest BCUT2D eigenvalue weighted by Crippen LogP contribution is 2.43. The minimum absolute atomic E-state index is 0.259. The first-order chi connectivity index (χ1) is 16.2. The van der Waals surface area contributed by atoms with Gasteiger partial charge in [-0.1, -0.05) is 48.5 Å². The molecule has 6 heteroatoms. The second-order valence-electron chi connectivity index (χ2n) is 8.65. The molecule has 0 amide bonds. The van der Waals surface area contributed by atoms with Gasteiger partial charge in [-0.15, -0.1) is 11.3 Å². The van der Waals surface area contributed by atoms with Gasteiger partial charge >= 0.3 is 0 Å². The second-order valence-corrected chi connectivity index (χ2v) is 9.70. The number of nitrogens with zero attached hydrogens (tertiary/aromatic N) is 2. The Morgan fingerprint density at radius 3 is 2.79 bits per heavy atom. The van der Waals surface area contributed by atoms with Gasteiger partial charge in [-0.2, -0.15) is 0 Å². The van der Waals surface area contributed by atoms with Crippen LogP contribution >= 0.6 is 11.3 Å². The third kappa shape index (κ3) is 4.01. The van der Waals surface area contributed by atoms with Crippen LogP contribution in [0.5, 0.6) is 0 Å². The van der Waals surface area contributed by atoms with Crippen LogP contribution in [-0.4, -0.2) is 36.4 Å². The number of rotatable bonds is 3. The molecule has 166 valence electrons. The quantitative estimate of drug-likeness (QED) is 0.392. The molecule has 1 fully saturated rings. The van der Waals surface area contributed by atoms with Crippen molar-refractivity contribution in [2.75, 3.05) is 25.0 Å². The van der Waals surface area contributed by atoms with Crippen molar-refractivity contribution in [1.29, 1.82) is 0 Å². The first-order valence-corrected chi connectivity index (χ1v) is 12.3. The van der Waals surface area contributed by atoms with Gasteiger partial charge in [0, 0.05) is 35.8 Å².